The molecular weight excluding hydrogens is 693 g/mol. The molecule has 0 rings (SSSR count). The second kappa shape index (κ2) is 47.8. The van der Waals surface area contributed by atoms with Gasteiger partial charge >= 0.3 is 11.9 Å². The van der Waals surface area contributed by atoms with E-state index in [4.69, 9.17) is 14.2 Å². The fraction of sp³-hybridized carbons (Fsp3) is 0.882. The minimum atomic E-state index is -0.532. The highest BCUT2D eigenvalue weighted by Crippen LogP contribution is 2.16. The van der Waals surface area contributed by atoms with E-state index in [1.807, 2.05) is 0 Å². The Morgan fingerprint density at radius 3 is 1.25 bits per heavy atom. The monoisotopic (exact) mass is 789 g/mol. The van der Waals surface area contributed by atoms with Gasteiger partial charge in [0.15, 0.2) is 6.10 Å². The molecule has 0 aromatic carbocycles. The lowest BCUT2D eigenvalue weighted by Gasteiger charge is -2.18. The van der Waals surface area contributed by atoms with Crippen molar-refractivity contribution in [3.05, 3.63) is 24.3 Å². The highest BCUT2D eigenvalue weighted by molar-refractivity contribution is 5.70. The zero-order valence-corrected chi connectivity index (χ0v) is 37.9. The van der Waals surface area contributed by atoms with Gasteiger partial charge in [0.1, 0.15) is 6.61 Å². The Bertz CT molecular complexity index is 851. The van der Waals surface area contributed by atoms with E-state index in [1.54, 1.807) is 0 Å². The van der Waals surface area contributed by atoms with Crippen LogP contribution in [0.15, 0.2) is 24.3 Å². The predicted molar refractivity (Wildman–Crippen MR) is 242 cm³/mol. The maximum Gasteiger partial charge on any atom is 0.306 e. The van der Waals surface area contributed by atoms with Crippen LogP contribution in [-0.2, 0) is 23.8 Å². The van der Waals surface area contributed by atoms with Crippen LogP contribution in [0.5, 0.6) is 0 Å². The molecule has 0 aliphatic rings. The number of esters is 2. The smallest absolute Gasteiger partial charge is 0.306 e. The third kappa shape index (κ3) is 45.1. The maximum atomic E-state index is 12.7. The summed E-state index contributed by atoms with van der Waals surface area (Å²) in [5, 5.41) is 0. The van der Waals surface area contributed by atoms with Crippen molar-refractivity contribution in [2.45, 2.75) is 271 Å². The fourth-order valence-electron chi connectivity index (χ4n) is 7.25. The van der Waals surface area contributed by atoms with Crippen molar-refractivity contribution in [1.82, 2.24) is 0 Å². The molecule has 0 radical (unpaired) electrons. The standard InChI is InChI=1S/C51H96O5/c1-4-7-10-13-16-19-22-24-26-27-30-32-35-38-41-44-50(52)55-48-49(56-51(53)45-42-39-36-33-29-21-18-15-12-9-6-3)47-54-46-43-40-37-34-31-28-25-23-20-17-14-11-8-5-2/h11,14,20,23,49H,4-10,12-13,15-19,21-22,24-48H2,1-3H3/b14-11-,23-20-. The number of hydrogen-bond acceptors (Lipinski definition) is 5. The number of rotatable bonds is 46. The van der Waals surface area contributed by atoms with Gasteiger partial charge in [-0.1, -0.05) is 231 Å². The SMILES string of the molecule is CCC/C=C\C/C=C\CCCCCCCCOCC(COC(=O)CCCCCCCCCCCCCCCCC)OC(=O)CCCCCCCCCCCCC. The largest absolute Gasteiger partial charge is 0.462 e. The summed E-state index contributed by atoms with van der Waals surface area (Å²) in [6.45, 7) is 7.78. The molecule has 0 heterocycles. The van der Waals surface area contributed by atoms with Crippen LogP contribution < -0.4 is 0 Å². The summed E-state index contributed by atoms with van der Waals surface area (Å²) in [4.78, 5) is 25.3. The molecule has 56 heavy (non-hydrogen) atoms. The lowest BCUT2D eigenvalue weighted by molar-refractivity contribution is -0.163. The van der Waals surface area contributed by atoms with Crippen LogP contribution in [0, 0.1) is 0 Å². The topological polar surface area (TPSA) is 61.8 Å². The van der Waals surface area contributed by atoms with Gasteiger partial charge < -0.3 is 14.2 Å². The first-order chi connectivity index (χ1) is 27.6. The molecule has 0 bridgehead atoms. The number of ether oxygens (including phenoxy) is 3. The van der Waals surface area contributed by atoms with Gasteiger partial charge in [0, 0.05) is 19.4 Å². The highest BCUT2D eigenvalue weighted by Gasteiger charge is 2.17. The van der Waals surface area contributed by atoms with Crippen molar-refractivity contribution in [2.24, 2.45) is 0 Å². The van der Waals surface area contributed by atoms with Gasteiger partial charge in [-0.25, -0.2) is 0 Å². The molecule has 0 aromatic rings. The van der Waals surface area contributed by atoms with Crippen LogP contribution in [0.1, 0.15) is 265 Å². The van der Waals surface area contributed by atoms with E-state index in [0.29, 0.717) is 19.4 Å². The van der Waals surface area contributed by atoms with Gasteiger partial charge in [-0.2, -0.15) is 0 Å². The van der Waals surface area contributed by atoms with Crippen molar-refractivity contribution in [2.75, 3.05) is 19.8 Å². The van der Waals surface area contributed by atoms with Crippen LogP contribution in [-0.4, -0.2) is 37.9 Å². The third-order valence-electron chi connectivity index (χ3n) is 11.0. The molecule has 0 saturated heterocycles. The summed E-state index contributed by atoms with van der Waals surface area (Å²) in [6, 6.07) is 0. The second-order valence-electron chi connectivity index (χ2n) is 16.7. The van der Waals surface area contributed by atoms with Crippen molar-refractivity contribution >= 4 is 11.9 Å². The molecule has 0 aliphatic carbocycles. The Labute approximate surface area is 349 Å². The lowest BCUT2D eigenvalue weighted by atomic mass is 10.0. The molecule has 0 saturated carbocycles. The van der Waals surface area contributed by atoms with Crippen LogP contribution in [0.2, 0.25) is 0 Å². The Morgan fingerprint density at radius 1 is 0.393 bits per heavy atom. The zero-order chi connectivity index (χ0) is 40.7. The van der Waals surface area contributed by atoms with E-state index >= 15 is 0 Å². The zero-order valence-electron chi connectivity index (χ0n) is 37.9. The van der Waals surface area contributed by atoms with Crippen molar-refractivity contribution in [1.29, 1.82) is 0 Å². The quantitative estimate of drug-likeness (QED) is 0.0349. The van der Waals surface area contributed by atoms with Crippen LogP contribution >= 0.6 is 0 Å². The molecule has 0 aliphatic heterocycles. The Morgan fingerprint density at radius 2 is 0.786 bits per heavy atom. The summed E-state index contributed by atoms with van der Waals surface area (Å²) >= 11 is 0. The van der Waals surface area contributed by atoms with E-state index in [0.717, 1.165) is 44.9 Å². The number of allylic oxidation sites excluding steroid dienone is 4. The Hall–Kier alpha value is -1.62. The number of carbonyl (C=O) groups excluding carboxylic acids is 2. The average molecular weight is 789 g/mol. The van der Waals surface area contributed by atoms with Crippen LogP contribution in [0.4, 0.5) is 0 Å². The summed E-state index contributed by atoms with van der Waals surface area (Å²) in [5.41, 5.74) is 0. The van der Waals surface area contributed by atoms with Crippen molar-refractivity contribution in [3.63, 3.8) is 0 Å². The van der Waals surface area contributed by atoms with Crippen LogP contribution in [0.25, 0.3) is 0 Å². The Balaban J connectivity index is 4.21. The Kier molecular flexibility index (Phi) is 46.4. The van der Waals surface area contributed by atoms with E-state index < -0.39 is 6.10 Å². The van der Waals surface area contributed by atoms with E-state index in [1.165, 1.54) is 186 Å². The van der Waals surface area contributed by atoms with Gasteiger partial charge in [-0.3, -0.25) is 9.59 Å². The predicted octanol–water partition coefficient (Wildman–Crippen LogP) is 16.5. The van der Waals surface area contributed by atoms with E-state index in [2.05, 4.69) is 45.1 Å². The molecule has 330 valence electrons. The maximum absolute atomic E-state index is 12.7. The average Bonchev–Trinajstić information content (AvgIpc) is 3.20. The fourth-order valence-corrected chi connectivity index (χ4v) is 7.25. The number of hydrogen-bond donors (Lipinski definition) is 0. The molecule has 0 amide bonds. The van der Waals surface area contributed by atoms with E-state index in [9.17, 15) is 9.59 Å². The van der Waals surface area contributed by atoms with Crippen molar-refractivity contribution in [3.8, 4) is 0 Å². The first-order valence-electron chi connectivity index (χ1n) is 24.9. The number of carbonyl (C=O) groups is 2. The van der Waals surface area contributed by atoms with Gasteiger partial charge in [0.25, 0.3) is 0 Å². The third-order valence-corrected chi connectivity index (χ3v) is 11.0. The normalized spacial score (nSPS) is 12.3. The lowest BCUT2D eigenvalue weighted by Crippen LogP contribution is -2.30. The molecule has 5 heteroatoms. The summed E-state index contributed by atoms with van der Waals surface area (Å²) in [7, 11) is 0. The number of unbranched alkanes of at least 4 members (excludes halogenated alkanes) is 31. The summed E-state index contributed by atoms with van der Waals surface area (Å²) < 4.78 is 17.4. The molecule has 0 aromatic heterocycles. The summed E-state index contributed by atoms with van der Waals surface area (Å²) in [6.07, 6.45) is 54.6. The highest BCUT2D eigenvalue weighted by atomic mass is 16.6. The van der Waals surface area contributed by atoms with Gasteiger partial charge in [-0.15, -0.1) is 0 Å². The first-order valence-corrected chi connectivity index (χ1v) is 24.9. The van der Waals surface area contributed by atoms with Gasteiger partial charge in [0.05, 0.1) is 6.61 Å². The molecule has 0 fully saturated rings. The summed E-state index contributed by atoms with van der Waals surface area (Å²) in [5.74, 6) is -0.388. The van der Waals surface area contributed by atoms with Gasteiger partial charge in [-0.05, 0) is 44.9 Å². The minimum absolute atomic E-state index is 0.0883. The van der Waals surface area contributed by atoms with Crippen LogP contribution in [0.3, 0.4) is 0 Å². The molecular formula is C51H96O5. The molecule has 0 N–H and O–H groups in total. The molecule has 1 atom stereocenters. The minimum Gasteiger partial charge on any atom is -0.462 e. The van der Waals surface area contributed by atoms with E-state index in [-0.39, 0.29) is 25.2 Å². The van der Waals surface area contributed by atoms with Crippen molar-refractivity contribution < 1.29 is 23.8 Å². The first kappa shape index (κ1) is 54.4. The molecule has 1 unspecified atom stereocenters. The van der Waals surface area contributed by atoms with Gasteiger partial charge in [0.2, 0.25) is 0 Å². The molecule has 0 spiro atoms. The molecule has 5 nitrogen and oxygen atoms in total. The second-order valence-corrected chi connectivity index (χ2v) is 16.7.